The van der Waals surface area contributed by atoms with Gasteiger partial charge >= 0.3 is 11.9 Å². The van der Waals surface area contributed by atoms with Crippen LogP contribution in [0.15, 0.2) is 0 Å². The van der Waals surface area contributed by atoms with E-state index in [9.17, 15) is 14.7 Å². The maximum Gasteiger partial charge on any atom is 0.320 e. The zero-order valence-electron chi connectivity index (χ0n) is 27.4. The minimum atomic E-state index is -0.776. The van der Waals surface area contributed by atoms with Gasteiger partial charge in [0, 0.05) is 0 Å². The van der Waals surface area contributed by atoms with E-state index >= 15 is 0 Å². The molecule has 0 bridgehead atoms. The van der Waals surface area contributed by atoms with Gasteiger partial charge in [0.25, 0.3) is 0 Å². The van der Waals surface area contributed by atoms with Crippen molar-refractivity contribution in [2.75, 3.05) is 13.2 Å². The van der Waals surface area contributed by atoms with E-state index in [1.54, 1.807) is 0 Å². The molecule has 1 heterocycles. The normalized spacial score (nSPS) is 19.9. The van der Waals surface area contributed by atoms with Crippen LogP contribution in [0.3, 0.4) is 0 Å². The summed E-state index contributed by atoms with van der Waals surface area (Å²) in [5, 5.41) is 9.09. The van der Waals surface area contributed by atoms with E-state index in [4.69, 9.17) is 9.47 Å². The summed E-state index contributed by atoms with van der Waals surface area (Å²) in [6.07, 6.45) is 31.7. The van der Waals surface area contributed by atoms with Crippen molar-refractivity contribution < 1.29 is 24.2 Å². The number of carbonyl (C=O) groups is 2. The number of aliphatic hydroxyl groups is 1. The molecule has 1 rings (SSSR count). The maximum absolute atomic E-state index is 12.9. The van der Waals surface area contributed by atoms with Crippen LogP contribution in [0.4, 0.5) is 0 Å². The van der Waals surface area contributed by atoms with E-state index in [-0.39, 0.29) is 35.7 Å². The van der Waals surface area contributed by atoms with Crippen molar-refractivity contribution >= 4 is 33.5 Å². The Morgan fingerprint density at radius 3 is 1.24 bits per heavy atom. The van der Waals surface area contributed by atoms with Gasteiger partial charge in [0.1, 0.15) is 17.1 Å². The molecule has 3 atom stereocenters. The molecule has 0 saturated carbocycles. The fraction of sp³-hybridized carbons (Fsp3) is 0.943. The molecule has 0 aromatic carbocycles. The molecular weight excluding hydrogens is 565 g/mol. The first-order chi connectivity index (χ1) is 20.6. The second kappa shape index (κ2) is 29.3. The third kappa shape index (κ3) is 22.2. The molecule has 7 heteroatoms. The summed E-state index contributed by atoms with van der Waals surface area (Å²) in [6, 6.07) is 0. The Labute approximate surface area is 267 Å². The molecular formula is C35H66O5S2. The number of hydrogen-bond donors (Lipinski definition) is 1. The minimum Gasteiger partial charge on any atom is -0.461 e. The van der Waals surface area contributed by atoms with Crippen LogP contribution in [0.2, 0.25) is 0 Å². The highest BCUT2D eigenvalue weighted by atomic mass is 33.1. The molecule has 248 valence electrons. The smallest absolute Gasteiger partial charge is 0.320 e. The summed E-state index contributed by atoms with van der Waals surface area (Å²) in [5.41, 5.74) is 0. The Hall–Kier alpha value is -0.400. The van der Waals surface area contributed by atoms with Crippen molar-refractivity contribution in [1.82, 2.24) is 0 Å². The SMILES string of the molecule is CCCCCCCCCCCCCCC1SSC(CCCCCCCCCCCCCC)C(=O)OC(CO)COC1=O. The zero-order chi connectivity index (χ0) is 30.5. The number of ether oxygens (including phenoxy) is 2. The first-order valence-electron chi connectivity index (χ1n) is 17.9. The molecule has 0 spiro atoms. The molecule has 5 nitrogen and oxygen atoms in total. The highest BCUT2D eigenvalue weighted by molar-refractivity contribution is 8.77. The molecule has 3 unspecified atom stereocenters. The molecule has 0 aromatic rings. The first kappa shape index (κ1) is 39.6. The van der Waals surface area contributed by atoms with E-state index in [1.807, 2.05) is 0 Å². The number of aliphatic hydroxyl groups excluding tert-OH is 1. The van der Waals surface area contributed by atoms with Gasteiger partial charge in [0.15, 0.2) is 6.10 Å². The van der Waals surface area contributed by atoms with E-state index in [0.29, 0.717) is 0 Å². The van der Waals surface area contributed by atoms with Gasteiger partial charge in [-0.3, -0.25) is 9.59 Å². The van der Waals surface area contributed by atoms with Crippen LogP contribution in [0.5, 0.6) is 0 Å². The average molecular weight is 631 g/mol. The van der Waals surface area contributed by atoms with Crippen molar-refractivity contribution in [3.8, 4) is 0 Å². The fourth-order valence-corrected chi connectivity index (χ4v) is 8.45. The molecule has 0 radical (unpaired) electrons. The van der Waals surface area contributed by atoms with Crippen LogP contribution in [-0.2, 0) is 19.1 Å². The monoisotopic (exact) mass is 630 g/mol. The fourth-order valence-electron chi connectivity index (χ4n) is 5.52. The molecule has 1 aliphatic heterocycles. The van der Waals surface area contributed by atoms with Gasteiger partial charge in [-0.2, -0.15) is 0 Å². The van der Waals surface area contributed by atoms with Crippen molar-refractivity contribution in [3.63, 3.8) is 0 Å². The quantitative estimate of drug-likeness (QED) is 0.0550. The van der Waals surface area contributed by atoms with Crippen molar-refractivity contribution in [2.45, 2.75) is 197 Å². The number of carbonyl (C=O) groups excluding carboxylic acids is 2. The van der Waals surface area contributed by atoms with Gasteiger partial charge in [0.2, 0.25) is 0 Å². The molecule has 1 fully saturated rings. The molecule has 0 aliphatic carbocycles. The largest absolute Gasteiger partial charge is 0.461 e. The lowest BCUT2D eigenvalue weighted by Gasteiger charge is -2.24. The molecule has 0 aromatic heterocycles. The highest BCUT2D eigenvalue weighted by Crippen LogP contribution is 2.38. The average Bonchev–Trinajstić information content (AvgIpc) is 2.99. The molecule has 1 saturated heterocycles. The topological polar surface area (TPSA) is 72.8 Å². The lowest BCUT2D eigenvalue weighted by atomic mass is 10.0. The Kier molecular flexibility index (Phi) is 27.7. The van der Waals surface area contributed by atoms with Gasteiger partial charge in [-0.1, -0.05) is 190 Å². The summed E-state index contributed by atoms with van der Waals surface area (Å²) in [7, 11) is 2.97. The standard InChI is InChI=1S/C35H66O5S2/c1-3-5-7-9-11-13-15-17-19-21-23-25-27-32-34(37)39-30-31(29-36)40-35(38)33(42-41-32)28-26-24-22-20-18-16-14-12-10-8-6-4-2/h31-33,36H,3-30H2,1-2H3. The molecule has 0 amide bonds. The molecule has 1 N–H and O–H groups in total. The van der Waals surface area contributed by atoms with Crippen LogP contribution >= 0.6 is 21.6 Å². The van der Waals surface area contributed by atoms with Crippen LogP contribution in [0.1, 0.15) is 181 Å². The van der Waals surface area contributed by atoms with Crippen LogP contribution in [0.25, 0.3) is 0 Å². The van der Waals surface area contributed by atoms with E-state index in [1.165, 1.54) is 150 Å². The summed E-state index contributed by atoms with van der Waals surface area (Å²) < 4.78 is 11.0. The highest BCUT2D eigenvalue weighted by Gasteiger charge is 2.31. The van der Waals surface area contributed by atoms with Gasteiger partial charge in [0.05, 0.1) is 6.61 Å². The molecule has 1 aliphatic rings. The van der Waals surface area contributed by atoms with Crippen molar-refractivity contribution in [1.29, 1.82) is 0 Å². The van der Waals surface area contributed by atoms with Crippen molar-refractivity contribution in [2.24, 2.45) is 0 Å². The van der Waals surface area contributed by atoms with Gasteiger partial charge in [-0.05, 0) is 12.8 Å². The minimum absolute atomic E-state index is 0.0629. The predicted octanol–water partition coefficient (Wildman–Crippen LogP) is 10.7. The predicted molar refractivity (Wildman–Crippen MR) is 182 cm³/mol. The maximum atomic E-state index is 12.9. The first-order valence-corrected chi connectivity index (χ1v) is 20.2. The molecule has 42 heavy (non-hydrogen) atoms. The zero-order valence-corrected chi connectivity index (χ0v) is 29.1. The summed E-state index contributed by atoms with van der Waals surface area (Å²) in [5.74, 6) is -0.521. The van der Waals surface area contributed by atoms with Crippen molar-refractivity contribution in [3.05, 3.63) is 0 Å². The number of esters is 2. The Morgan fingerprint density at radius 1 is 0.548 bits per heavy atom. The van der Waals surface area contributed by atoms with Crippen LogP contribution in [-0.4, -0.2) is 46.9 Å². The van der Waals surface area contributed by atoms with E-state index < -0.39 is 6.10 Å². The van der Waals surface area contributed by atoms with E-state index in [2.05, 4.69) is 13.8 Å². The Morgan fingerprint density at radius 2 is 0.881 bits per heavy atom. The Bertz CT molecular complexity index is 633. The van der Waals surface area contributed by atoms with Crippen LogP contribution < -0.4 is 0 Å². The Balaban J connectivity index is 2.29. The second-order valence-corrected chi connectivity index (χ2v) is 15.1. The lowest BCUT2D eigenvalue weighted by Crippen LogP contribution is -2.35. The number of hydrogen-bond acceptors (Lipinski definition) is 7. The lowest BCUT2D eigenvalue weighted by molar-refractivity contribution is -0.160. The van der Waals surface area contributed by atoms with Gasteiger partial charge < -0.3 is 14.6 Å². The third-order valence-corrected chi connectivity index (χ3v) is 11.5. The van der Waals surface area contributed by atoms with Gasteiger partial charge in [-0.25, -0.2) is 0 Å². The third-order valence-electron chi connectivity index (χ3n) is 8.35. The van der Waals surface area contributed by atoms with Crippen LogP contribution in [0, 0.1) is 0 Å². The summed E-state index contributed by atoms with van der Waals surface area (Å²) in [6.45, 7) is 4.14. The number of rotatable bonds is 27. The van der Waals surface area contributed by atoms with Gasteiger partial charge in [-0.15, -0.1) is 0 Å². The number of unbranched alkanes of at least 4 members (excludes halogenated alkanes) is 22. The summed E-state index contributed by atoms with van der Waals surface area (Å²) >= 11 is 0. The second-order valence-electron chi connectivity index (χ2n) is 12.4. The number of cyclic esters (lactones) is 2. The summed E-state index contributed by atoms with van der Waals surface area (Å²) in [4.78, 5) is 25.7. The van der Waals surface area contributed by atoms with E-state index in [0.717, 1.165) is 38.5 Å².